The Morgan fingerprint density at radius 1 is 1.17 bits per heavy atom. The number of hydrogen-bond acceptors (Lipinski definition) is 1. The average Bonchev–Trinajstić information content (AvgIpc) is 2.36. The first kappa shape index (κ1) is 16.2. The molecule has 0 unspecified atom stereocenters. The van der Waals surface area contributed by atoms with Crippen LogP contribution >= 0.6 is 35.0 Å². The predicted molar refractivity (Wildman–Crippen MR) is 86.5 cm³/mol. The average molecular weight is 305 g/mol. The fourth-order valence-electron chi connectivity index (χ4n) is 2.11. The lowest BCUT2D eigenvalue weighted by molar-refractivity contribution is 0.521. The molecular weight excluding hydrogens is 283 g/mol. The van der Waals surface area contributed by atoms with E-state index in [-0.39, 0.29) is 5.41 Å². The summed E-state index contributed by atoms with van der Waals surface area (Å²) in [6.07, 6.45) is 1.04. The molecule has 0 amide bonds. The van der Waals surface area contributed by atoms with Crippen LogP contribution in [0.15, 0.2) is 24.3 Å². The molecule has 0 radical (unpaired) electrons. The molecule has 0 nitrogen and oxygen atoms in total. The van der Waals surface area contributed by atoms with Gasteiger partial charge in [0.15, 0.2) is 0 Å². The fourth-order valence-corrected chi connectivity index (χ4v) is 3.93. The molecule has 0 aromatic heterocycles. The molecule has 0 saturated heterocycles. The molecule has 0 fully saturated rings. The van der Waals surface area contributed by atoms with Crippen molar-refractivity contribution in [1.82, 2.24) is 0 Å². The van der Waals surface area contributed by atoms with Crippen molar-refractivity contribution in [3.63, 3.8) is 0 Å². The summed E-state index contributed by atoms with van der Waals surface area (Å²) in [5.74, 6) is 2.27. The van der Waals surface area contributed by atoms with E-state index in [0.29, 0.717) is 17.0 Å². The second-order valence-electron chi connectivity index (χ2n) is 5.03. The van der Waals surface area contributed by atoms with E-state index in [2.05, 4.69) is 45.0 Å². The van der Waals surface area contributed by atoms with Crippen molar-refractivity contribution in [2.75, 3.05) is 17.5 Å². The molecule has 1 rings (SSSR count). The third kappa shape index (κ3) is 4.08. The van der Waals surface area contributed by atoms with Crippen molar-refractivity contribution in [1.29, 1.82) is 0 Å². The molecule has 1 aromatic rings. The number of benzene rings is 1. The van der Waals surface area contributed by atoms with Gasteiger partial charge in [0.2, 0.25) is 0 Å². The summed E-state index contributed by atoms with van der Waals surface area (Å²) in [5.41, 5.74) is 2.50. The minimum atomic E-state index is -0.0870. The minimum absolute atomic E-state index is 0.0870. The van der Waals surface area contributed by atoms with Crippen LogP contribution in [0.3, 0.4) is 0 Å². The summed E-state index contributed by atoms with van der Waals surface area (Å²) < 4.78 is 0. The molecule has 1 aromatic carbocycles. The zero-order valence-electron chi connectivity index (χ0n) is 11.4. The molecule has 0 N–H and O–H groups in total. The predicted octanol–water partition coefficient (Wildman–Crippen LogP) is 5.24. The maximum atomic E-state index is 6.25. The highest BCUT2D eigenvalue weighted by molar-refractivity contribution is 7.99. The number of hydrogen-bond donors (Lipinski definition) is 0. The standard InChI is InChI=1S/C15H22Cl2S/c1-12(2)18-9-8-15(10-16,11-17)14-7-5-4-6-13(14)3/h4-7,12H,8-11H2,1-3H3. The van der Waals surface area contributed by atoms with E-state index in [1.165, 1.54) is 11.1 Å². The van der Waals surface area contributed by atoms with E-state index in [1.54, 1.807) is 0 Å². The molecule has 18 heavy (non-hydrogen) atoms. The topological polar surface area (TPSA) is 0 Å². The smallest absolute Gasteiger partial charge is 0.0332 e. The molecule has 0 aliphatic heterocycles. The third-order valence-corrected chi connectivity index (χ3v) is 5.39. The Bertz CT molecular complexity index is 359. The number of halogens is 2. The first-order valence-corrected chi connectivity index (χ1v) is 8.47. The Balaban J connectivity index is 2.89. The van der Waals surface area contributed by atoms with Gasteiger partial charge in [0.05, 0.1) is 0 Å². The normalized spacial score (nSPS) is 12.1. The molecule has 0 spiro atoms. The Morgan fingerprint density at radius 2 is 1.78 bits per heavy atom. The number of thioether (sulfide) groups is 1. The van der Waals surface area contributed by atoms with Crippen LogP contribution in [0.2, 0.25) is 0 Å². The Morgan fingerprint density at radius 3 is 2.28 bits per heavy atom. The van der Waals surface area contributed by atoms with E-state index in [0.717, 1.165) is 12.2 Å². The van der Waals surface area contributed by atoms with Gasteiger partial charge in [-0.2, -0.15) is 11.8 Å². The first-order valence-electron chi connectivity index (χ1n) is 6.35. The summed E-state index contributed by atoms with van der Waals surface area (Å²) in [7, 11) is 0. The maximum absolute atomic E-state index is 6.25. The summed E-state index contributed by atoms with van der Waals surface area (Å²) >= 11 is 14.5. The number of aryl methyl sites for hydroxylation is 1. The van der Waals surface area contributed by atoms with Gasteiger partial charge in [-0.15, -0.1) is 23.2 Å². The molecular formula is C15H22Cl2S. The van der Waals surface area contributed by atoms with Crippen LogP contribution in [0.1, 0.15) is 31.4 Å². The Hall–Kier alpha value is 0.150. The van der Waals surface area contributed by atoms with Crippen LogP contribution in [0.25, 0.3) is 0 Å². The van der Waals surface area contributed by atoms with Crippen LogP contribution in [0.5, 0.6) is 0 Å². The second kappa shape index (κ2) is 7.67. The monoisotopic (exact) mass is 304 g/mol. The van der Waals surface area contributed by atoms with Gasteiger partial charge in [-0.1, -0.05) is 38.1 Å². The summed E-state index contributed by atoms with van der Waals surface area (Å²) in [4.78, 5) is 0. The van der Waals surface area contributed by atoms with Gasteiger partial charge in [0, 0.05) is 17.2 Å². The van der Waals surface area contributed by atoms with Crippen LogP contribution in [0.4, 0.5) is 0 Å². The highest BCUT2D eigenvalue weighted by Gasteiger charge is 2.31. The highest BCUT2D eigenvalue weighted by Crippen LogP contribution is 2.35. The molecule has 3 heteroatoms. The lowest BCUT2D eigenvalue weighted by Gasteiger charge is -2.32. The van der Waals surface area contributed by atoms with Crippen LogP contribution in [-0.4, -0.2) is 22.8 Å². The SMILES string of the molecule is Cc1ccccc1C(CCl)(CCl)CCSC(C)C. The molecule has 0 aliphatic carbocycles. The van der Waals surface area contributed by atoms with Gasteiger partial charge in [-0.25, -0.2) is 0 Å². The van der Waals surface area contributed by atoms with Crippen LogP contribution < -0.4 is 0 Å². The van der Waals surface area contributed by atoms with Crippen molar-refractivity contribution >= 4 is 35.0 Å². The van der Waals surface area contributed by atoms with Crippen LogP contribution in [-0.2, 0) is 5.41 Å². The minimum Gasteiger partial charge on any atom is -0.159 e. The molecule has 0 bridgehead atoms. The summed E-state index contributed by atoms with van der Waals surface area (Å²) in [5, 5.41) is 0.658. The van der Waals surface area contributed by atoms with E-state index < -0.39 is 0 Å². The van der Waals surface area contributed by atoms with E-state index >= 15 is 0 Å². The Labute approximate surface area is 125 Å². The molecule has 102 valence electrons. The van der Waals surface area contributed by atoms with E-state index in [4.69, 9.17) is 23.2 Å². The summed E-state index contributed by atoms with van der Waals surface area (Å²) in [6.45, 7) is 6.59. The van der Waals surface area contributed by atoms with Crippen molar-refractivity contribution < 1.29 is 0 Å². The van der Waals surface area contributed by atoms with Crippen molar-refractivity contribution in [2.45, 2.75) is 37.9 Å². The fraction of sp³-hybridized carbons (Fsp3) is 0.600. The molecule has 0 heterocycles. The van der Waals surface area contributed by atoms with Crippen molar-refractivity contribution in [3.05, 3.63) is 35.4 Å². The van der Waals surface area contributed by atoms with Crippen LogP contribution in [0, 0.1) is 6.92 Å². The largest absolute Gasteiger partial charge is 0.159 e. The van der Waals surface area contributed by atoms with E-state index in [9.17, 15) is 0 Å². The van der Waals surface area contributed by atoms with Gasteiger partial charge >= 0.3 is 0 Å². The zero-order chi connectivity index (χ0) is 13.6. The quantitative estimate of drug-likeness (QED) is 0.621. The van der Waals surface area contributed by atoms with Gasteiger partial charge in [0.1, 0.15) is 0 Å². The van der Waals surface area contributed by atoms with Gasteiger partial charge in [-0.05, 0) is 35.5 Å². The third-order valence-electron chi connectivity index (χ3n) is 3.26. The van der Waals surface area contributed by atoms with E-state index in [1.807, 2.05) is 11.8 Å². The number of alkyl halides is 2. The maximum Gasteiger partial charge on any atom is 0.0332 e. The van der Waals surface area contributed by atoms with Crippen molar-refractivity contribution in [3.8, 4) is 0 Å². The lowest BCUT2D eigenvalue weighted by Crippen LogP contribution is -2.32. The van der Waals surface area contributed by atoms with Gasteiger partial charge in [0.25, 0.3) is 0 Å². The zero-order valence-corrected chi connectivity index (χ0v) is 13.7. The van der Waals surface area contributed by atoms with Crippen molar-refractivity contribution in [2.24, 2.45) is 0 Å². The Kier molecular flexibility index (Phi) is 6.90. The lowest BCUT2D eigenvalue weighted by atomic mass is 9.79. The summed E-state index contributed by atoms with van der Waals surface area (Å²) in [6, 6.07) is 8.44. The highest BCUT2D eigenvalue weighted by atomic mass is 35.5. The second-order valence-corrected chi connectivity index (χ2v) is 7.25. The van der Waals surface area contributed by atoms with Gasteiger partial charge in [-0.3, -0.25) is 0 Å². The number of rotatable bonds is 7. The molecule has 0 atom stereocenters. The first-order chi connectivity index (χ1) is 8.55. The van der Waals surface area contributed by atoms with Gasteiger partial charge < -0.3 is 0 Å². The molecule has 0 aliphatic rings. The molecule has 0 saturated carbocycles.